The van der Waals surface area contributed by atoms with Gasteiger partial charge >= 0.3 is 0 Å². The first-order valence-electron chi connectivity index (χ1n) is 6.31. The molecule has 1 spiro atoms. The van der Waals surface area contributed by atoms with Crippen molar-refractivity contribution >= 4 is 0 Å². The summed E-state index contributed by atoms with van der Waals surface area (Å²) in [7, 11) is 3.40. The number of hydrogen-bond donors (Lipinski definition) is 1. The highest BCUT2D eigenvalue weighted by Gasteiger charge is 2.50. The third kappa shape index (κ3) is 1.76. The molecule has 0 saturated heterocycles. The van der Waals surface area contributed by atoms with Gasteiger partial charge in [0.25, 0.3) is 0 Å². The van der Waals surface area contributed by atoms with E-state index in [0.29, 0.717) is 6.10 Å². The number of methoxy groups -OCH3 is 2. The minimum Gasteiger partial charge on any atom is -0.497 e. The van der Waals surface area contributed by atoms with Crippen molar-refractivity contribution in [3.63, 3.8) is 0 Å². The SMILES string of the molecule is COc1ccc2c(c1)OC1(CC(OC)C1)C[C@@H]2N. The third-order valence-corrected chi connectivity index (χ3v) is 4.07. The van der Waals surface area contributed by atoms with Crippen molar-refractivity contribution in [1.29, 1.82) is 0 Å². The van der Waals surface area contributed by atoms with Crippen LogP contribution in [0.5, 0.6) is 11.5 Å². The highest BCUT2D eigenvalue weighted by molar-refractivity contribution is 5.44. The topological polar surface area (TPSA) is 53.7 Å². The maximum atomic E-state index is 6.25. The van der Waals surface area contributed by atoms with E-state index in [1.807, 2.05) is 18.2 Å². The van der Waals surface area contributed by atoms with E-state index >= 15 is 0 Å². The van der Waals surface area contributed by atoms with Gasteiger partial charge in [-0.1, -0.05) is 6.07 Å². The number of fused-ring (bicyclic) bond motifs is 1. The van der Waals surface area contributed by atoms with Gasteiger partial charge < -0.3 is 19.9 Å². The molecule has 1 atom stereocenters. The summed E-state index contributed by atoms with van der Waals surface area (Å²) < 4.78 is 16.7. The van der Waals surface area contributed by atoms with Crippen LogP contribution in [0.4, 0.5) is 0 Å². The molecule has 4 nitrogen and oxygen atoms in total. The molecule has 0 amide bonds. The van der Waals surface area contributed by atoms with Gasteiger partial charge in [-0.05, 0) is 6.07 Å². The molecule has 2 aliphatic rings. The van der Waals surface area contributed by atoms with E-state index in [2.05, 4.69) is 0 Å². The lowest BCUT2D eigenvalue weighted by Gasteiger charge is -2.50. The summed E-state index contributed by atoms with van der Waals surface area (Å²) in [6.45, 7) is 0. The first kappa shape index (κ1) is 11.8. The van der Waals surface area contributed by atoms with Crippen LogP contribution in [0, 0.1) is 0 Å². The van der Waals surface area contributed by atoms with Gasteiger partial charge in [0.15, 0.2) is 0 Å². The molecule has 18 heavy (non-hydrogen) atoms. The minimum atomic E-state index is -0.126. The Bertz CT molecular complexity index is 454. The average Bonchev–Trinajstić information content (AvgIpc) is 2.34. The van der Waals surface area contributed by atoms with Gasteiger partial charge in [0.2, 0.25) is 0 Å². The van der Waals surface area contributed by atoms with Crippen molar-refractivity contribution < 1.29 is 14.2 Å². The Morgan fingerprint density at radius 3 is 2.72 bits per heavy atom. The molecule has 1 aliphatic heterocycles. The summed E-state index contributed by atoms with van der Waals surface area (Å²) in [5, 5.41) is 0. The van der Waals surface area contributed by atoms with Crippen molar-refractivity contribution in [2.24, 2.45) is 5.73 Å². The van der Waals surface area contributed by atoms with Crippen LogP contribution in [-0.2, 0) is 4.74 Å². The summed E-state index contributed by atoms with van der Waals surface area (Å²) in [6.07, 6.45) is 3.03. The molecule has 1 aromatic rings. The van der Waals surface area contributed by atoms with Gasteiger partial charge in [0.05, 0.1) is 13.2 Å². The van der Waals surface area contributed by atoms with Gasteiger partial charge in [-0.2, -0.15) is 0 Å². The summed E-state index contributed by atoms with van der Waals surface area (Å²) in [6, 6.07) is 5.89. The van der Waals surface area contributed by atoms with Gasteiger partial charge in [-0.3, -0.25) is 0 Å². The Morgan fingerprint density at radius 2 is 2.06 bits per heavy atom. The van der Waals surface area contributed by atoms with E-state index in [1.165, 1.54) is 0 Å². The zero-order valence-electron chi connectivity index (χ0n) is 10.8. The Kier molecular flexibility index (Phi) is 2.72. The van der Waals surface area contributed by atoms with Gasteiger partial charge in [0, 0.05) is 44.0 Å². The summed E-state index contributed by atoms with van der Waals surface area (Å²) in [5.41, 5.74) is 7.19. The van der Waals surface area contributed by atoms with E-state index in [0.717, 1.165) is 36.3 Å². The lowest BCUT2D eigenvalue weighted by molar-refractivity contribution is -0.124. The molecule has 4 heteroatoms. The maximum Gasteiger partial charge on any atom is 0.128 e. The fraction of sp³-hybridized carbons (Fsp3) is 0.571. The van der Waals surface area contributed by atoms with E-state index in [4.69, 9.17) is 19.9 Å². The van der Waals surface area contributed by atoms with Crippen molar-refractivity contribution in [1.82, 2.24) is 0 Å². The second-order valence-corrected chi connectivity index (χ2v) is 5.27. The number of ether oxygens (including phenoxy) is 3. The number of benzene rings is 1. The van der Waals surface area contributed by atoms with Crippen LogP contribution >= 0.6 is 0 Å². The van der Waals surface area contributed by atoms with Crippen LogP contribution in [0.3, 0.4) is 0 Å². The molecule has 0 bridgehead atoms. The second kappa shape index (κ2) is 4.14. The van der Waals surface area contributed by atoms with E-state index in [9.17, 15) is 0 Å². The molecule has 1 aliphatic carbocycles. The molecule has 98 valence electrons. The lowest BCUT2D eigenvalue weighted by atomic mass is 9.71. The Labute approximate surface area is 107 Å². The standard InChI is InChI=1S/C14H19NO3/c1-16-9-3-4-11-12(15)8-14(18-13(11)5-9)6-10(7-14)17-2/h3-5,10,12H,6-8,15H2,1-2H3/t10?,12-,14?/m0/s1. The Hall–Kier alpha value is -1.26. The van der Waals surface area contributed by atoms with Crippen molar-refractivity contribution in [3.8, 4) is 11.5 Å². The van der Waals surface area contributed by atoms with Crippen molar-refractivity contribution in [2.45, 2.75) is 37.0 Å². The third-order valence-electron chi connectivity index (χ3n) is 4.07. The molecule has 1 saturated carbocycles. The van der Waals surface area contributed by atoms with Crippen LogP contribution in [0.15, 0.2) is 18.2 Å². The van der Waals surface area contributed by atoms with Crippen LogP contribution < -0.4 is 15.2 Å². The lowest BCUT2D eigenvalue weighted by Crippen LogP contribution is -2.55. The largest absolute Gasteiger partial charge is 0.497 e. The number of hydrogen-bond acceptors (Lipinski definition) is 4. The zero-order valence-corrected chi connectivity index (χ0v) is 10.8. The van der Waals surface area contributed by atoms with Crippen LogP contribution in [0.1, 0.15) is 30.9 Å². The summed E-state index contributed by atoms with van der Waals surface area (Å²) >= 11 is 0. The summed E-state index contributed by atoms with van der Waals surface area (Å²) in [5.74, 6) is 1.67. The molecule has 1 fully saturated rings. The normalized spacial score (nSPS) is 33.5. The second-order valence-electron chi connectivity index (χ2n) is 5.27. The van der Waals surface area contributed by atoms with Gasteiger partial charge in [-0.25, -0.2) is 0 Å². The van der Waals surface area contributed by atoms with Gasteiger partial charge in [-0.15, -0.1) is 0 Å². The highest BCUT2D eigenvalue weighted by Crippen LogP contribution is 2.49. The number of rotatable bonds is 2. The molecule has 2 N–H and O–H groups in total. The maximum absolute atomic E-state index is 6.25. The summed E-state index contributed by atoms with van der Waals surface area (Å²) in [4.78, 5) is 0. The predicted molar refractivity (Wildman–Crippen MR) is 67.9 cm³/mol. The molecule has 3 rings (SSSR count). The molecule has 0 unspecified atom stereocenters. The molecular weight excluding hydrogens is 230 g/mol. The van der Waals surface area contributed by atoms with Gasteiger partial charge in [0.1, 0.15) is 17.1 Å². The minimum absolute atomic E-state index is 0.0393. The Morgan fingerprint density at radius 1 is 1.28 bits per heavy atom. The average molecular weight is 249 g/mol. The van der Waals surface area contributed by atoms with E-state index in [-0.39, 0.29) is 11.6 Å². The fourth-order valence-corrected chi connectivity index (χ4v) is 3.01. The van der Waals surface area contributed by atoms with Crippen molar-refractivity contribution in [3.05, 3.63) is 23.8 Å². The molecule has 1 heterocycles. The smallest absolute Gasteiger partial charge is 0.128 e. The quantitative estimate of drug-likeness (QED) is 0.871. The molecule has 0 radical (unpaired) electrons. The highest BCUT2D eigenvalue weighted by atomic mass is 16.5. The monoisotopic (exact) mass is 249 g/mol. The van der Waals surface area contributed by atoms with Crippen LogP contribution in [-0.4, -0.2) is 25.9 Å². The Balaban J connectivity index is 1.87. The van der Waals surface area contributed by atoms with Crippen LogP contribution in [0.25, 0.3) is 0 Å². The van der Waals surface area contributed by atoms with E-state index < -0.39 is 0 Å². The first-order valence-corrected chi connectivity index (χ1v) is 6.31. The molecular formula is C14H19NO3. The number of nitrogens with two attached hydrogens (primary N) is 1. The first-order chi connectivity index (χ1) is 8.65. The fourth-order valence-electron chi connectivity index (χ4n) is 3.01. The zero-order chi connectivity index (χ0) is 12.8. The molecule has 0 aromatic heterocycles. The van der Waals surface area contributed by atoms with E-state index in [1.54, 1.807) is 14.2 Å². The van der Waals surface area contributed by atoms with Crippen molar-refractivity contribution in [2.75, 3.05) is 14.2 Å². The predicted octanol–water partition coefficient (Wildman–Crippen LogP) is 2.03. The van der Waals surface area contributed by atoms with Crippen LogP contribution in [0.2, 0.25) is 0 Å². The molecule has 1 aromatic carbocycles.